The molecule has 0 fully saturated rings. The molecule has 0 rings (SSSR count). The van der Waals surface area contributed by atoms with Gasteiger partial charge < -0.3 is 20.1 Å². The average molecular weight is 246 g/mol. The summed E-state index contributed by atoms with van der Waals surface area (Å²) in [7, 11) is 0. The number of carboxylic acids is 1. The van der Waals surface area contributed by atoms with Gasteiger partial charge in [-0.05, 0) is 12.8 Å². The number of hydrogen-bond donors (Lipinski definition) is 3. The average Bonchev–Trinajstić information content (AvgIpc) is 2.33. The second-order valence-corrected chi connectivity index (χ2v) is 2.83. The summed E-state index contributed by atoms with van der Waals surface area (Å²) >= 11 is 0. The molecule has 3 N–H and O–H groups in total. The van der Waals surface area contributed by atoms with E-state index >= 15 is 0 Å². The van der Waals surface area contributed by atoms with Gasteiger partial charge in [-0.25, -0.2) is 9.59 Å². The number of aliphatic hydroxyl groups excluding tert-OH is 2. The third kappa shape index (κ3) is 14.3. The van der Waals surface area contributed by atoms with Crippen molar-refractivity contribution < 1.29 is 29.6 Å². The van der Waals surface area contributed by atoms with Crippen LogP contribution in [0.25, 0.3) is 0 Å². The van der Waals surface area contributed by atoms with Gasteiger partial charge in [-0.3, -0.25) is 0 Å². The first-order valence-electron chi connectivity index (χ1n) is 4.91. The van der Waals surface area contributed by atoms with Crippen LogP contribution in [0, 0.1) is 0 Å². The predicted octanol–water partition coefficient (Wildman–Crippen LogP) is 0.108. The van der Waals surface area contributed by atoms with Crippen LogP contribution in [0.3, 0.4) is 0 Å². The molecule has 17 heavy (non-hydrogen) atoms. The summed E-state index contributed by atoms with van der Waals surface area (Å²) in [4.78, 5) is 20.1. The lowest BCUT2D eigenvalue weighted by Gasteiger charge is -1.94. The van der Waals surface area contributed by atoms with Crippen LogP contribution >= 0.6 is 0 Å². The van der Waals surface area contributed by atoms with E-state index in [9.17, 15) is 9.59 Å². The van der Waals surface area contributed by atoms with Crippen LogP contribution in [0.5, 0.6) is 0 Å². The number of esters is 1. The zero-order valence-corrected chi connectivity index (χ0v) is 9.59. The fourth-order valence-corrected chi connectivity index (χ4v) is 0.605. The molecule has 0 amide bonds. The van der Waals surface area contributed by atoms with Crippen LogP contribution in [0.4, 0.5) is 0 Å². The number of carbonyl (C=O) groups excluding carboxylic acids is 1. The topological polar surface area (TPSA) is 104 Å². The van der Waals surface area contributed by atoms with Crippen molar-refractivity contribution in [2.45, 2.75) is 12.8 Å². The fraction of sp³-hybridized carbons (Fsp3) is 0.455. The highest BCUT2D eigenvalue weighted by Crippen LogP contribution is 2.00. The zero-order chi connectivity index (χ0) is 13.7. The SMILES string of the molecule is C=C(CCCO)C(=O)O.C=CC(=O)OCCO. The van der Waals surface area contributed by atoms with Crippen LogP contribution in [-0.4, -0.2) is 47.1 Å². The Kier molecular flexibility index (Phi) is 12.9. The summed E-state index contributed by atoms with van der Waals surface area (Å²) in [6.45, 7) is 6.37. The monoisotopic (exact) mass is 246 g/mol. The lowest BCUT2D eigenvalue weighted by Crippen LogP contribution is -2.04. The second-order valence-electron chi connectivity index (χ2n) is 2.83. The van der Waals surface area contributed by atoms with E-state index in [1.807, 2.05) is 0 Å². The number of ether oxygens (including phenoxy) is 1. The van der Waals surface area contributed by atoms with E-state index in [1.165, 1.54) is 0 Å². The molecule has 0 bridgehead atoms. The Morgan fingerprint density at radius 2 is 1.82 bits per heavy atom. The van der Waals surface area contributed by atoms with Crippen molar-refractivity contribution in [3.8, 4) is 0 Å². The van der Waals surface area contributed by atoms with Gasteiger partial charge in [0.1, 0.15) is 6.61 Å². The van der Waals surface area contributed by atoms with Crippen molar-refractivity contribution >= 4 is 11.9 Å². The molecule has 6 nitrogen and oxygen atoms in total. The lowest BCUT2D eigenvalue weighted by atomic mass is 10.2. The fourth-order valence-electron chi connectivity index (χ4n) is 0.605. The normalized spacial score (nSPS) is 8.59. The minimum atomic E-state index is -0.983. The predicted molar refractivity (Wildman–Crippen MR) is 61.3 cm³/mol. The Bertz CT molecular complexity index is 259. The summed E-state index contributed by atoms with van der Waals surface area (Å²) in [6.07, 6.45) is 1.90. The summed E-state index contributed by atoms with van der Waals surface area (Å²) in [6, 6.07) is 0. The van der Waals surface area contributed by atoms with Crippen LogP contribution in [0.15, 0.2) is 24.8 Å². The number of carboxylic acid groups (broad SMARTS) is 1. The van der Waals surface area contributed by atoms with Gasteiger partial charge in [0, 0.05) is 18.3 Å². The highest BCUT2D eigenvalue weighted by atomic mass is 16.5. The van der Waals surface area contributed by atoms with E-state index in [0.717, 1.165) is 6.08 Å². The molecule has 0 saturated carbocycles. The van der Waals surface area contributed by atoms with Gasteiger partial charge in [0.2, 0.25) is 0 Å². The molecule has 0 radical (unpaired) electrons. The Morgan fingerprint density at radius 3 is 2.18 bits per heavy atom. The number of aliphatic hydroxyl groups is 2. The van der Waals surface area contributed by atoms with E-state index in [2.05, 4.69) is 17.9 Å². The molecule has 0 aliphatic rings. The van der Waals surface area contributed by atoms with E-state index in [-0.39, 0.29) is 25.4 Å². The number of rotatable bonds is 7. The van der Waals surface area contributed by atoms with Crippen LogP contribution in [0.2, 0.25) is 0 Å². The molecule has 6 heteroatoms. The van der Waals surface area contributed by atoms with Crippen molar-refractivity contribution in [2.24, 2.45) is 0 Å². The first kappa shape index (κ1) is 17.7. The van der Waals surface area contributed by atoms with Crippen LogP contribution in [0.1, 0.15) is 12.8 Å². The van der Waals surface area contributed by atoms with Gasteiger partial charge in [-0.15, -0.1) is 0 Å². The highest BCUT2D eigenvalue weighted by Gasteiger charge is 2.00. The molecule has 0 unspecified atom stereocenters. The molecule has 0 aromatic heterocycles. The smallest absolute Gasteiger partial charge is 0.330 e. The Hall–Kier alpha value is -1.66. The van der Waals surface area contributed by atoms with Crippen LogP contribution in [-0.2, 0) is 14.3 Å². The molecule has 98 valence electrons. The summed E-state index contributed by atoms with van der Waals surface area (Å²) in [5, 5.41) is 24.6. The largest absolute Gasteiger partial charge is 0.478 e. The maximum Gasteiger partial charge on any atom is 0.330 e. The minimum absolute atomic E-state index is 0.0201. The first-order valence-corrected chi connectivity index (χ1v) is 4.91. The van der Waals surface area contributed by atoms with Crippen molar-refractivity contribution in [3.63, 3.8) is 0 Å². The van der Waals surface area contributed by atoms with Crippen molar-refractivity contribution in [3.05, 3.63) is 24.8 Å². The van der Waals surface area contributed by atoms with E-state index in [1.54, 1.807) is 0 Å². The Balaban J connectivity index is 0. The number of aliphatic carboxylic acids is 1. The van der Waals surface area contributed by atoms with E-state index in [0.29, 0.717) is 12.8 Å². The van der Waals surface area contributed by atoms with Crippen LogP contribution < -0.4 is 0 Å². The molecule has 0 aliphatic carbocycles. The molecule has 0 spiro atoms. The Labute approximate surface area is 99.8 Å². The maximum atomic E-state index is 10.1. The summed E-state index contributed by atoms with van der Waals surface area (Å²) in [5.74, 6) is -1.48. The number of hydrogen-bond acceptors (Lipinski definition) is 5. The summed E-state index contributed by atoms with van der Waals surface area (Å²) in [5.41, 5.74) is 0.157. The maximum absolute atomic E-state index is 10.1. The zero-order valence-electron chi connectivity index (χ0n) is 9.59. The molecule has 0 atom stereocenters. The summed E-state index contributed by atoms with van der Waals surface area (Å²) < 4.78 is 4.33. The van der Waals surface area contributed by atoms with Gasteiger partial charge >= 0.3 is 11.9 Å². The molecular formula is C11H18O6. The molecule has 0 aliphatic heterocycles. The first-order chi connectivity index (χ1) is 7.99. The molecule has 0 aromatic rings. The standard InChI is InChI=1S/C6H10O3.C5H8O3/c1-5(6(8)9)3-2-4-7;1-2-5(7)8-4-3-6/h7H,1-4H2,(H,8,9);2,6H,1,3-4H2. The van der Waals surface area contributed by atoms with Crippen molar-refractivity contribution in [1.82, 2.24) is 0 Å². The molecule has 0 heterocycles. The van der Waals surface area contributed by atoms with Gasteiger partial charge in [0.15, 0.2) is 0 Å². The van der Waals surface area contributed by atoms with Gasteiger partial charge in [-0.1, -0.05) is 13.2 Å². The van der Waals surface area contributed by atoms with E-state index in [4.69, 9.17) is 15.3 Å². The molecular weight excluding hydrogens is 228 g/mol. The minimum Gasteiger partial charge on any atom is -0.478 e. The third-order valence-corrected chi connectivity index (χ3v) is 1.44. The molecule has 0 aromatic carbocycles. The van der Waals surface area contributed by atoms with Gasteiger partial charge in [0.25, 0.3) is 0 Å². The Morgan fingerprint density at radius 1 is 1.24 bits per heavy atom. The molecule has 0 saturated heterocycles. The van der Waals surface area contributed by atoms with Crippen molar-refractivity contribution in [2.75, 3.05) is 19.8 Å². The second kappa shape index (κ2) is 12.4. The van der Waals surface area contributed by atoms with Gasteiger partial charge in [-0.2, -0.15) is 0 Å². The highest BCUT2D eigenvalue weighted by molar-refractivity contribution is 5.85. The number of carbonyl (C=O) groups is 2. The quantitative estimate of drug-likeness (QED) is 0.435. The lowest BCUT2D eigenvalue weighted by molar-refractivity contribution is -0.138. The van der Waals surface area contributed by atoms with E-state index < -0.39 is 11.9 Å². The van der Waals surface area contributed by atoms with Gasteiger partial charge in [0.05, 0.1) is 6.61 Å². The third-order valence-electron chi connectivity index (χ3n) is 1.44. The van der Waals surface area contributed by atoms with Crippen molar-refractivity contribution in [1.29, 1.82) is 0 Å².